The van der Waals surface area contributed by atoms with E-state index in [1.807, 2.05) is 30.3 Å². The van der Waals surface area contributed by atoms with Gasteiger partial charge in [-0.3, -0.25) is 9.59 Å². The standard InChI is InChI=1S/C22H18O3Si/c1-26(2,15-9-4-3-5-10-15)25-19-14-8-13-18-20(19)22(24)17-12-7-6-11-16(17)21(18)23/h3-14H,1-2H3. The molecule has 0 spiro atoms. The number of rotatable bonds is 3. The van der Waals surface area contributed by atoms with Gasteiger partial charge >= 0.3 is 0 Å². The first-order valence-corrected chi connectivity index (χ1v) is 11.5. The largest absolute Gasteiger partial charge is 0.539 e. The molecule has 4 rings (SSSR count). The highest BCUT2D eigenvalue weighted by Gasteiger charge is 2.34. The lowest BCUT2D eigenvalue weighted by atomic mass is 9.84. The van der Waals surface area contributed by atoms with Gasteiger partial charge in [0.1, 0.15) is 5.75 Å². The summed E-state index contributed by atoms with van der Waals surface area (Å²) in [5.41, 5.74) is 1.71. The van der Waals surface area contributed by atoms with Gasteiger partial charge in [0.2, 0.25) is 0 Å². The van der Waals surface area contributed by atoms with Gasteiger partial charge in [-0.15, -0.1) is 0 Å². The van der Waals surface area contributed by atoms with E-state index in [1.54, 1.807) is 42.5 Å². The van der Waals surface area contributed by atoms with Gasteiger partial charge in [0.15, 0.2) is 11.6 Å². The van der Waals surface area contributed by atoms with Crippen LogP contribution < -0.4 is 9.61 Å². The Hall–Kier alpha value is -2.98. The molecule has 0 unspecified atom stereocenters. The predicted molar refractivity (Wildman–Crippen MR) is 104 cm³/mol. The zero-order chi connectivity index (χ0) is 18.3. The van der Waals surface area contributed by atoms with Gasteiger partial charge < -0.3 is 4.43 Å². The molecule has 0 bridgehead atoms. The number of ketones is 2. The van der Waals surface area contributed by atoms with E-state index >= 15 is 0 Å². The number of fused-ring (bicyclic) bond motifs is 2. The first-order chi connectivity index (χ1) is 12.5. The fourth-order valence-corrected chi connectivity index (χ4v) is 5.20. The van der Waals surface area contributed by atoms with Crippen molar-refractivity contribution in [3.63, 3.8) is 0 Å². The third-order valence-electron chi connectivity index (χ3n) is 4.75. The summed E-state index contributed by atoms with van der Waals surface area (Å²) in [6, 6.07) is 22.3. The van der Waals surface area contributed by atoms with E-state index < -0.39 is 8.32 Å². The van der Waals surface area contributed by atoms with Crippen molar-refractivity contribution in [2.24, 2.45) is 0 Å². The molecule has 4 heteroatoms. The Bertz CT molecular complexity index is 1020. The van der Waals surface area contributed by atoms with Crippen molar-refractivity contribution in [1.29, 1.82) is 0 Å². The van der Waals surface area contributed by atoms with Crippen LogP contribution in [0.1, 0.15) is 31.8 Å². The first-order valence-electron chi connectivity index (χ1n) is 8.55. The van der Waals surface area contributed by atoms with Gasteiger partial charge in [0.25, 0.3) is 8.32 Å². The summed E-state index contributed by atoms with van der Waals surface area (Å²) in [7, 11) is -2.29. The SMILES string of the molecule is C[Si](C)(Oc1cccc2c1C(=O)c1ccccc1C2=O)c1ccccc1. The zero-order valence-electron chi connectivity index (χ0n) is 14.7. The monoisotopic (exact) mass is 358 g/mol. The summed E-state index contributed by atoms with van der Waals surface area (Å²) in [6.07, 6.45) is 0. The number of carbonyl (C=O) groups excluding carboxylic acids is 2. The Labute approximate surface area is 153 Å². The van der Waals surface area contributed by atoms with E-state index in [0.29, 0.717) is 28.0 Å². The molecule has 26 heavy (non-hydrogen) atoms. The van der Waals surface area contributed by atoms with Gasteiger partial charge in [0, 0.05) is 16.7 Å². The van der Waals surface area contributed by atoms with Crippen molar-refractivity contribution in [1.82, 2.24) is 0 Å². The van der Waals surface area contributed by atoms with Crippen LogP contribution in [0.25, 0.3) is 0 Å². The second-order valence-electron chi connectivity index (χ2n) is 6.86. The molecule has 3 nitrogen and oxygen atoms in total. The average molecular weight is 358 g/mol. The minimum Gasteiger partial charge on any atom is -0.539 e. The van der Waals surface area contributed by atoms with Crippen LogP contribution in [0.5, 0.6) is 5.75 Å². The fraction of sp³-hybridized carbons (Fsp3) is 0.0909. The number of carbonyl (C=O) groups is 2. The van der Waals surface area contributed by atoms with Gasteiger partial charge in [-0.25, -0.2) is 0 Å². The molecule has 1 aliphatic carbocycles. The molecule has 0 amide bonds. The third-order valence-corrected chi connectivity index (χ3v) is 7.20. The molecule has 128 valence electrons. The fourth-order valence-electron chi connectivity index (χ4n) is 3.37. The molecule has 0 saturated heterocycles. The van der Waals surface area contributed by atoms with Crippen molar-refractivity contribution in [2.45, 2.75) is 13.1 Å². The number of hydrogen-bond donors (Lipinski definition) is 0. The van der Waals surface area contributed by atoms with Crippen molar-refractivity contribution in [2.75, 3.05) is 0 Å². The second kappa shape index (κ2) is 6.07. The minimum absolute atomic E-state index is 0.125. The van der Waals surface area contributed by atoms with E-state index in [9.17, 15) is 9.59 Å². The van der Waals surface area contributed by atoms with E-state index in [2.05, 4.69) is 13.1 Å². The molecule has 0 N–H and O–H groups in total. The Morgan fingerprint density at radius 2 is 1.23 bits per heavy atom. The summed E-state index contributed by atoms with van der Waals surface area (Å²) in [5.74, 6) is 0.222. The van der Waals surface area contributed by atoms with Gasteiger partial charge in [-0.05, 0) is 24.3 Å². The van der Waals surface area contributed by atoms with Crippen LogP contribution in [0.2, 0.25) is 13.1 Å². The molecule has 3 aromatic rings. The molecule has 0 saturated carbocycles. The Morgan fingerprint density at radius 1 is 0.654 bits per heavy atom. The van der Waals surface area contributed by atoms with Gasteiger partial charge in [0.05, 0.1) is 5.56 Å². The summed E-state index contributed by atoms with van der Waals surface area (Å²) in [6.45, 7) is 4.18. The topological polar surface area (TPSA) is 43.4 Å². The van der Waals surface area contributed by atoms with E-state index in [0.717, 1.165) is 5.19 Å². The predicted octanol–water partition coefficient (Wildman–Crippen LogP) is 3.95. The number of hydrogen-bond acceptors (Lipinski definition) is 3. The Kier molecular flexibility index (Phi) is 3.85. The van der Waals surface area contributed by atoms with Crippen LogP contribution in [0, 0.1) is 0 Å². The highest BCUT2D eigenvalue weighted by Crippen LogP contribution is 2.34. The molecule has 0 aromatic heterocycles. The normalized spacial score (nSPS) is 13.2. The molecule has 0 fully saturated rings. The molecular weight excluding hydrogens is 340 g/mol. The number of benzene rings is 3. The van der Waals surface area contributed by atoms with E-state index in [4.69, 9.17) is 4.43 Å². The zero-order valence-corrected chi connectivity index (χ0v) is 15.7. The molecule has 3 aromatic carbocycles. The summed E-state index contributed by atoms with van der Waals surface area (Å²) < 4.78 is 6.39. The third kappa shape index (κ3) is 2.59. The van der Waals surface area contributed by atoms with Crippen LogP contribution in [0.15, 0.2) is 72.8 Å². The molecular formula is C22H18O3Si. The van der Waals surface area contributed by atoms with Crippen molar-refractivity contribution in [3.05, 3.63) is 95.1 Å². The van der Waals surface area contributed by atoms with E-state index in [-0.39, 0.29) is 11.6 Å². The molecule has 1 aliphatic rings. The average Bonchev–Trinajstić information content (AvgIpc) is 2.66. The maximum Gasteiger partial charge on any atom is 0.276 e. The van der Waals surface area contributed by atoms with E-state index in [1.165, 1.54) is 0 Å². The van der Waals surface area contributed by atoms with Crippen molar-refractivity contribution >= 4 is 25.1 Å². The summed E-state index contributed by atoms with van der Waals surface area (Å²) >= 11 is 0. The lowest BCUT2D eigenvalue weighted by molar-refractivity contribution is 0.0977. The Morgan fingerprint density at radius 3 is 1.92 bits per heavy atom. The summed E-state index contributed by atoms with van der Waals surface area (Å²) in [5, 5.41) is 1.13. The molecule has 0 atom stereocenters. The maximum absolute atomic E-state index is 13.1. The lowest BCUT2D eigenvalue weighted by Gasteiger charge is -2.28. The summed E-state index contributed by atoms with van der Waals surface area (Å²) in [4.78, 5) is 25.9. The van der Waals surface area contributed by atoms with Crippen molar-refractivity contribution < 1.29 is 14.0 Å². The van der Waals surface area contributed by atoms with Crippen LogP contribution in [-0.4, -0.2) is 19.9 Å². The quantitative estimate of drug-likeness (QED) is 0.521. The molecule has 0 aliphatic heterocycles. The van der Waals surface area contributed by atoms with Crippen LogP contribution in [0.3, 0.4) is 0 Å². The minimum atomic E-state index is -2.29. The highest BCUT2D eigenvalue weighted by molar-refractivity contribution is 6.85. The molecule has 0 heterocycles. The van der Waals surface area contributed by atoms with Crippen LogP contribution in [0.4, 0.5) is 0 Å². The lowest BCUT2D eigenvalue weighted by Crippen LogP contribution is -2.48. The highest BCUT2D eigenvalue weighted by atomic mass is 28.4. The van der Waals surface area contributed by atoms with Crippen LogP contribution >= 0.6 is 0 Å². The first kappa shape index (κ1) is 16.5. The van der Waals surface area contributed by atoms with Gasteiger partial charge in [-0.1, -0.05) is 66.7 Å². The maximum atomic E-state index is 13.1. The Balaban J connectivity index is 1.82. The molecule has 0 radical (unpaired) electrons. The van der Waals surface area contributed by atoms with Gasteiger partial charge in [-0.2, -0.15) is 0 Å². The van der Waals surface area contributed by atoms with Crippen LogP contribution in [-0.2, 0) is 0 Å². The van der Waals surface area contributed by atoms with Crippen molar-refractivity contribution in [3.8, 4) is 5.75 Å². The second-order valence-corrected chi connectivity index (χ2v) is 10.7. The smallest absolute Gasteiger partial charge is 0.276 e.